The third-order valence-corrected chi connectivity index (χ3v) is 6.77. The first-order chi connectivity index (χ1) is 17.2. The molecule has 0 spiro atoms. The first-order valence-electron chi connectivity index (χ1n) is 11.2. The number of rotatable bonds is 9. The van der Waals surface area contributed by atoms with Gasteiger partial charge in [-0.25, -0.2) is 13.6 Å². The summed E-state index contributed by atoms with van der Waals surface area (Å²) in [6, 6.07) is 24.3. The van der Waals surface area contributed by atoms with Crippen molar-refractivity contribution in [2.45, 2.75) is 23.7 Å². The van der Waals surface area contributed by atoms with Crippen molar-refractivity contribution in [1.82, 2.24) is 0 Å². The number of benzene rings is 3. The number of nitrogen functional groups attached to an aromatic ring is 1. The minimum atomic E-state index is -3.88. The van der Waals surface area contributed by atoms with Gasteiger partial charge in [0.1, 0.15) is 11.6 Å². The van der Waals surface area contributed by atoms with E-state index in [1.54, 1.807) is 60.9 Å². The summed E-state index contributed by atoms with van der Waals surface area (Å²) in [7, 11) is -3.88. The number of primary sulfonamides is 1. The maximum absolute atomic E-state index is 13.0. The van der Waals surface area contributed by atoms with Crippen LogP contribution in [0, 0.1) is 5.41 Å². The molecular formula is C27H26N4O4S. The summed E-state index contributed by atoms with van der Waals surface area (Å²) in [5.74, 6) is 0.315. The predicted octanol–water partition coefficient (Wildman–Crippen LogP) is 4.23. The van der Waals surface area contributed by atoms with E-state index < -0.39 is 10.0 Å². The highest BCUT2D eigenvalue weighted by Crippen LogP contribution is 2.29. The lowest BCUT2D eigenvalue weighted by atomic mass is 9.90. The van der Waals surface area contributed by atoms with Gasteiger partial charge >= 0.3 is 0 Å². The molecule has 4 aromatic rings. The second kappa shape index (κ2) is 10.6. The Kier molecular flexibility index (Phi) is 7.33. The molecule has 1 amide bonds. The van der Waals surface area contributed by atoms with E-state index >= 15 is 0 Å². The smallest absolute Gasteiger partial charge is 0.238 e. The lowest BCUT2D eigenvalue weighted by Gasteiger charge is -2.17. The number of sulfonamides is 1. The van der Waals surface area contributed by atoms with Crippen molar-refractivity contribution in [3.8, 4) is 11.1 Å². The molecule has 0 saturated heterocycles. The molecule has 1 atom stereocenters. The zero-order valence-electron chi connectivity index (χ0n) is 19.3. The fourth-order valence-corrected chi connectivity index (χ4v) is 4.82. The summed E-state index contributed by atoms with van der Waals surface area (Å²) < 4.78 is 29.4. The molecule has 184 valence electrons. The number of hydrogen-bond acceptors (Lipinski definition) is 5. The summed E-state index contributed by atoms with van der Waals surface area (Å²) in [5.41, 5.74) is 8.85. The van der Waals surface area contributed by atoms with Gasteiger partial charge in [0.05, 0.1) is 11.2 Å². The molecule has 9 heteroatoms. The molecule has 8 nitrogen and oxygen atoms in total. The molecule has 1 heterocycles. The van der Waals surface area contributed by atoms with E-state index in [9.17, 15) is 13.2 Å². The Morgan fingerprint density at radius 2 is 1.72 bits per heavy atom. The molecule has 0 radical (unpaired) electrons. The second-order valence-corrected chi connectivity index (χ2v) is 9.92. The molecule has 0 bridgehead atoms. The van der Waals surface area contributed by atoms with Gasteiger partial charge in [-0.05, 0) is 53.4 Å². The molecule has 6 N–H and O–H groups in total. The molecule has 4 rings (SSSR count). The van der Waals surface area contributed by atoms with Crippen LogP contribution in [0.25, 0.3) is 11.1 Å². The van der Waals surface area contributed by atoms with E-state index in [4.69, 9.17) is 20.7 Å². The average Bonchev–Trinajstić information content (AvgIpc) is 3.37. The number of anilines is 1. The van der Waals surface area contributed by atoms with Gasteiger partial charge in [-0.1, -0.05) is 48.5 Å². The number of furan rings is 1. The molecule has 0 fully saturated rings. The third-order valence-electron chi connectivity index (χ3n) is 5.80. The van der Waals surface area contributed by atoms with E-state index in [-0.39, 0.29) is 29.0 Å². The fraction of sp³-hybridized carbons (Fsp3) is 0.111. The Labute approximate surface area is 209 Å². The number of nitrogens with one attached hydrogen (secondary N) is 2. The largest absolute Gasteiger partial charge is 0.469 e. The van der Waals surface area contributed by atoms with Gasteiger partial charge < -0.3 is 15.5 Å². The maximum Gasteiger partial charge on any atom is 0.238 e. The molecule has 1 aromatic heterocycles. The molecular weight excluding hydrogens is 476 g/mol. The molecule has 0 aliphatic rings. The van der Waals surface area contributed by atoms with Crippen LogP contribution >= 0.6 is 0 Å². The first-order valence-corrected chi connectivity index (χ1v) is 12.7. The highest BCUT2D eigenvalue weighted by molar-refractivity contribution is 7.89. The zero-order chi connectivity index (χ0) is 25.7. The van der Waals surface area contributed by atoms with Crippen LogP contribution in [0.3, 0.4) is 0 Å². The van der Waals surface area contributed by atoms with Crippen LogP contribution < -0.4 is 16.2 Å². The van der Waals surface area contributed by atoms with E-state index in [2.05, 4.69) is 5.32 Å². The van der Waals surface area contributed by atoms with E-state index in [0.29, 0.717) is 28.8 Å². The van der Waals surface area contributed by atoms with Crippen LogP contribution in [0.1, 0.15) is 29.2 Å². The number of carbonyl (C=O) groups is 1. The van der Waals surface area contributed by atoms with Gasteiger partial charge in [0.2, 0.25) is 15.9 Å². The van der Waals surface area contributed by atoms with Crippen LogP contribution in [-0.4, -0.2) is 20.2 Å². The fourth-order valence-electron chi connectivity index (χ4n) is 4.06. The Hall–Kier alpha value is -4.21. The SMILES string of the molecule is N=C(N)c1cccc(C(CC(=O)Nc2ccc(-c3ccccc3S(N)(=O)=O)cc2)Cc2ccco2)c1. The third kappa shape index (κ3) is 6.07. The molecule has 0 aliphatic heterocycles. The Morgan fingerprint density at radius 3 is 2.39 bits per heavy atom. The van der Waals surface area contributed by atoms with Crippen molar-refractivity contribution in [1.29, 1.82) is 5.41 Å². The van der Waals surface area contributed by atoms with Crippen molar-refractivity contribution in [3.05, 3.63) is 108 Å². The maximum atomic E-state index is 13.0. The molecule has 36 heavy (non-hydrogen) atoms. The summed E-state index contributed by atoms with van der Waals surface area (Å²) in [6.45, 7) is 0. The molecule has 1 unspecified atom stereocenters. The molecule has 3 aromatic carbocycles. The predicted molar refractivity (Wildman–Crippen MR) is 139 cm³/mol. The quantitative estimate of drug-likeness (QED) is 0.199. The summed E-state index contributed by atoms with van der Waals surface area (Å²) >= 11 is 0. The number of nitrogens with two attached hydrogens (primary N) is 2. The monoisotopic (exact) mass is 502 g/mol. The van der Waals surface area contributed by atoms with Crippen molar-refractivity contribution >= 4 is 27.5 Å². The molecule has 0 aliphatic carbocycles. The first kappa shape index (κ1) is 24.9. The second-order valence-electron chi connectivity index (χ2n) is 8.39. The Balaban J connectivity index is 1.52. The van der Waals surface area contributed by atoms with Crippen molar-refractivity contribution in [3.63, 3.8) is 0 Å². The van der Waals surface area contributed by atoms with Crippen molar-refractivity contribution in [2.75, 3.05) is 5.32 Å². The van der Waals surface area contributed by atoms with Crippen LogP contribution in [0.15, 0.2) is 101 Å². The van der Waals surface area contributed by atoms with Gasteiger partial charge in [0, 0.05) is 29.7 Å². The topological polar surface area (TPSA) is 152 Å². The number of carbonyl (C=O) groups excluding carboxylic acids is 1. The Morgan fingerprint density at radius 1 is 0.972 bits per heavy atom. The van der Waals surface area contributed by atoms with E-state index in [1.165, 1.54) is 6.07 Å². The minimum absolute atomic E-state index is 0.0374. The minimum Gasteiger partial charge on any atom is -0.469 e. The van der Waals surface area contributed by atoms with Gasteiger partial charge in [-0.2, -0.15) is 0 Å². The van der Waals surface area contributed by atoms with Crippen LogP contribution in [-0.2, 0) is 21.2 Å². The van der Waals surface area contributed by atoms with Crippen LogP contribution in [0.2, 0.25) is 0 Å². The highest BCUT2D eigenvalue weighted by atomic mass is 32.2. The summed E-state index contributed by atoms with van der Waals surface area (Å²) in [4.78, 5) is 13.0. The zero-order valence-corrected chi connectivity index (χ0v) is 20.2. The van der Waals surface area contributed by atoms with E-state index in [0.717, 1.165) is 11.3 Å². The lowest BCUT2D eigenvalue weighted by Crippen LogP contribution is -2.18. The number of amides is 1. The van der Waals surface area contributed by atoms with Gasteiger partial charge in [0.15, 0.2) is 0 Å². The van der Waals surface area contributed by atoms with Crippen molar-refractivity contribution in [2.24, 2.45) is 10.9 Å². The average molecular weight is 503 g/mol. The van der Waals surface area contributed by atoms with Gasteiger partial charge in [-0.3, -0.25) is 10.2 Å². The number of amidine groups is 1. The lowest BCUT2D eigenvalue weighted by molar-refractivity contribution is -0.116. The number of hydrogen-bond donors (Lipinski definition) is 4. The van der Waals surface area contributed by atoms with Crippen LogP contribution in [0.4, 0.5) is 5.69 Å². The van der Waals surface area contributed by atoms with E-state index in [1.807, 2.05) is 24.3 Å². The van der Waals surface area contributed by atoms with Crippen molar-refractivity contribution < 1.29 is 17.6 Å². The standard InChI is InChI=1S/C27H26N4O4S/c28-27(29)20-6-3-5-19(15-20)21(16-23-7-4-14-35-23)17-26(32)31-22-12-10-18(11-13-22)24-8-1-2-9-25(24)36(30,33)34/h1-15,21H,16-17H2,(H3,28,29)(H,31,32)(H2,30,33,34). The molecule has 0 saturated carbocycles. The van der Waals surface area contributed by atoms with Gasteiger partial charge in [0.25, 0.3) is 0 Å². The summed E-state index contributed by atoms with van der Waals surface area (Å²) in [6.07, 6.45) is 2.27. The van der Waals surface area contributed by atoms with Crippen LogP contribution in [0.5, 0.6) is 0 Å². The Bertz CT molecular complexity index is 1480. The highest BCUT2D eigenvalue weighted by Gasteiger charge is 2.20. The normalized spacial score (nSPS) is 12.1. The van der Waals surface area contributed by atoms with Gasteiger partial charge in [-0.15, -0.1) is 0 Å². The summed E-state index contributed by atoms with van der Waals surface area (Å²) in [5, 5.41) is 16.0.